The van der Waals surface area contributed by atoms with Crippen molar-refractivity contribution in [2.45, 2.75) is 32.9 Å². The molecule has 0 aliphatic carbocycles. The van der Waals surface area contributed by atoms with Crippen LogP contribution in [0.1, 0.15) is 34.2 Å². The smallest absolute Gasteiger partial charge is 0.356 e. The van der Waals surface area contributed by atoms with Crippen molar-refractivity contribution in [1.82, 2.24) is 14.7 Å². The maximum atomic E-state index is 11.6. The van der Waals surface area contributed by atoms with Crippen LogP contribution in [-0.2, 0) is 30.7 Å². The SMILES string of the molecule is CC(=O)N1CCc2c(c(C(=O)O)nn2CCc2ccc(Cl)cc2)C1. The molecule has 2 heterocycles. The number of halogens is 1. The van der Waals surface area contributed by atoms with E-state index in [2.05, 4.69) is 5.10 Å². The van der Waals surface area contributed by atoms with E-state index in [4.69, 9.17) is 11.6 Å². The van der Waals surface area contributed by atoms with Gasteiger partial charge in [-0.05, 0) is 24.1 Å². The Bertz CT molecular complexity index is 783. The van der Waals surface area contributed by atoms with Gasteiger partial charge in [-0.2, -0.15) is 5.10 Å². The Hall–Kier alpha value is -2.34. The van der Waals surface area contributed by atoms with Gasteiger partial charge in [0.05, 0.1) is 0 Å². The molecule has 7 heteroatoms. The predicted octanol–water partition coefficient (Wildman–Crippen LogP) is 2.38. The van der Waals surface area contributed by atoms with E-state index in [1.165, 1.54) is 6.92 Å². The van der Waals surface area contributed by atoms with Gasteiger partial charge in [-0.25, -0.2) is 4.79 Å². The minimum Gasteiger partial charge on any atom is -0.476 e. The van der Waals surface area contributed by atoms with E-state index in [1.807, 2.05) is 24.3 Å². The van der Waals surface area contributed by atoms with Gasteiger partial charge in [0, 0.05) is 49.3 Å². The molecule has 1 amide bonds. The molecule has 1 aromatic heterocycles. The van der Waals surface area contributed by atoms with E-state index >= 15 is 0 Å². The molecule has 1 aliphatic heterocycles. The number of nitrogens with zero attached hydrogens (tertiary/aromatic N) is 3. The summed E-state index contributed by atoms with van der Waals surface area (Å²) in [6.45, 7) is 3.00. The summed E-state index contributed by atoms with van der Waals surface area (Å²) >= 11 is 5.89. The zero-order valence-corrected chi connectivity index (χ0v) is 14.1. The molecule has 2 aromatic rings. The Balaban J connectivity index is 1.84. The standard InChI is InChI=1S/C17H18ClN3O3/c1-11(22)20-8-7-15-14(10-20)16(17(23)24)19-21(15)9-6-12-2-4-13(18)5-3-12/h2-5H,6-10H2,1H3,(H,23,24). The number of carboxylic acids is 1. The van der Waals surface area contributed by atoms with Crippen LogP contribution in [0.25, 0.3) is 0 Å². The molecule has 1 N–H and O–H groups in total. The Morgan fingerprint density at radius 2 is 2.00 bits per heavy atom. The number of carbonyl (C=O) groups is 2. The fourth-order valence-corrected chi connectivity index (χ4v) is 3.13. The van der Waals surface area contributed by atoms with Gasteiger partial charge in [0.2, 0.25) is 5.91 Å². The lowest BCUT2D eigenvalue weighted by Gasteiger charge is -2.26. The van der Waals surface area contributed by atoms with Crippen LogP contribution < -0.4 is 0 Å². The third-order valence-electron chi connectivity index (χ3n) is 4.31. The molecular weight excluding hydrogens is 330 g/mol. The van der Waals surface area contributed by atoms with Crippen molar-refractivity contribution in [3.8, 4) is 0 Å². The zero-order chi connectivity index (χ0) is 17.3. The van der Waals surface area contributed by atoms with Gasteiger partial charge in [0.1, 0.15) is 0 Å². The molecular formula is C17H18ClN3O3. The van der Waals surface area contributed by atoms with E-state index in [-0.39, 0.29) is 11.6 Å². The van der Waals surface area contributed by atoms with Crippen molar-refractivity contribution in [3.05, 3.63) is 51.8 Å². The summed E-state index contributed by atoms with van der Waals surface area (Å²) in [7, 11) is 0. The average Bonchev–Trinajstić information content (AvgIpc) is 2.92. The topological polar surface area (TPSA) is 75.4 Å². The van der Waals surface area contributed by atoms with Gasteiger partial charge in [-0.1, -0.05) is 23.7 Å². The molecule has 0 fully saturated rings. The van der Waals surface area contributed by atoms with Crippen molar-refractivity contribution in [1.29, 1.82) is 0 Å². The molecule has 0 unspecified atom stereocenters. The Labute approximate surface area is 144 Å². The molecule has 0 spiro atoms. The third-order valence-corrected chi connectivity index (χ3v) is 4.56. The summed E-state index contributed by atoms with van der Waals surface area (Å²) in [5, 5.41) is 14.4. The van der Waals surface area contributed by atoms with E-state index in [0.29, 0.717) is 36.6 Å². The highest BCUT2D eigenvalue weighted by Crippen LogP contribution is 2.23. The molecule has 3 rings (SSSR count). The Morgan fingerprint density at radius 1 is 1.29 bits per heavy atom. The third kappa shape index (κ3) is 3.28. The van der Waals surface area contributed by atoms with Gasteiger partial charge in [-0.3, -0.25) is 9.48 Å². The number of hydrogen-bond donors (Lipinski definition) is 1. The number of amides is 1. The summed E-state index contributed by atoms with van der Waals surface area (Å²) in [5.41, 5.74) is 2.73. The Kier molecular flexibility index (Phi) is 4.57. The first-order chi connectivity index (χ1) is 11.5. The molecule has 0 saturated heterocycles. The summed E-state index contributed by atoms with van der Waals surface area (Å²) in [4.78, 5) is 24.7. The maximum Gasteiger partial charge on any atom is 0.356 e. The van der Waals surface area contributed by atoms with Crippen molar-refractivity contribution in [2.75, 3.05) is 6.54 Å². The van der Waals surface area contributed by atoms with Gasteiger partial charge >= 0.3 is 5.97 Å². The first-order valence-corrected chi connectivity index (χ1v) is 8.15. The first kappa shape index (κ1) is 16.5. The van der Waals surface area contributed by atoms with E-state index < -0.39 is 5.97 Å². The van der Waals surface area contributed by atoms with Crippen molar-refractivity contribution in [2.24, 2.45) is 0 Å². The largest absolute Gasteiger partial charge is 0.476 e. The summed E-state index contributed by atoms with van der Waals surface area (Å²) in [6, 6.07) is 7.58. The normalized spacial score (nSPS) is 13.7. The zero-order valence-electron chi connectivity index (χ0n) is 13.3. The second-order valence-electron chi connectivity index (χ2n) is 5.87. The van der Waals surface area contributed by atoms with Crippen molar-refractivity contribution < 1.29 is 14.7 Å². The van der Waals surface area contributed by atoms with Crippen LogP contribution in [0.15, 0.2) is 24.3 Å². The van der Waals surface area contributed by atoms with Crippen molar-refractivity contribution in [3.63, 3.8) is 0 Å². The highest BCUT2D eigenvalue weighted by Gasteiger charge is 2.28. The molecule has 1 aromatic carbocycles. The molecule has 0 atom stereocenters. The van der Waals surface area contributed by atoms with Crippen molar-refractivity contribution >= 4 is 23.5 Å². The highest BCUT2D eigenvalue weighted by molar-refractivity contribution is 6.30. The fraction of sp³-hybridized carbons (Fsp3) is 0.353. The number of aromatic nitrogens is 2. The van der Waals surface area contributed by atoms with E-state index in [0.717, 1.165) is 17.7 Å². The number of carbonyl (C=O) groups excluding carboxylic acids is 1. The van der Waals surface area contributed by atoms with Crippen LogP contribution in [0.4, 0.5) is 0 Å². The second kappa shape index (κ2) is 6.65. The monoisotopic (exact) mass is 347 g/mol. The van der Waals surface area contributed by atoms with Gasteiger partial charge < -0.3 is 10.0 Å². The molecule has 0 radical (unpaired) electrons. The quantitative estimate of drug-likeness (QED) is 0.921. The summed E-state index contributed by atoms with van der Waals surface area (Å²) in [6.07, 6.45) is 1.36. The van der Waals surface area contributed by atoms with E-state index in [9.17, 15) is 14.7 Å². The fourth-order valence-electron chi connectivity index (χ4n) is 3.00. The van der Waals surface area contributed by atoms with Crippen LogP contribution >= 0.6 is 11.6 Å². The number of aryl methyl sites for hydroxylation is 2. The van der Waals surface area contributed by atoms with Crippen LogP contribution in [0.5, 0.6) is 0 Å². The lowest BCUT2D eigenvalue weighted by molar-refractivity contribution is -0.129. The van der Waals surface area contributed by atoms with Gasteiger partial charge in [-0.15, -0.1) is 0 Å². The molecule has 126 valence electrons. The van der Waals surface area contributed by atoms with Gasteiger partial charge in [0.25, 0.3) is 0 Å². The van der Waals surface area contributed by atoms with Crippen LogP contribution in [0.3, 0.4) is 0 Å². The lowest BCUT2D eigenvalue weighted by atomic mass is 10.0. The number of hydrogen-bond acceptors (Lipinski definition) is 3. The number of fused-ring (bicyclic) bond motifs is 1. The molecule has 0 bridgehead atoms. The van der Waals surface area contributed by atoms with Crippen LogP contribution in [0.2, 0.25) is 5.02 Å². The minimum absolute atomic E-state index is 0.0482. The molecule has 24 heavy (non-hydrogen) atoms. The van der Waals surface area contributed by atoms with E-state index in [1.54, 1.807) is 9.58 Å². The van der Waals surface area contributed by atoms with Crippen LogP contribution in [0, 0.1) is 0 Å². The summed E-state index contributed by atoms with van der Waals surface area (Å²) in [5.74, 6) is -1.10. The molecule has 6 nitrogen and oxygen atoms in total. The summed E-state index contributed by atoms with van der Waals surface area (Å²) < 4.78 is 1.77. The Morgan fingerprint density at radius 3 is 2.62 bits per heavy atom. The maximum absolute atomic E-state index is 11.6. The highest BCUT2D eigenvalue weighted by atomic mass is 35.5. The van der Waals surface area contributed by atoms with Crippen LogP contribution in [-0.4, -0.2) is 38.2 Å². The molecule has 0 saturated carbocycles. The second-order valence-corrected chi connectivity index (χ2v) is 6.31. The first-order valence-electron chi connectivity index (χ1n) is 7.77. The number of carboxylic acid groups (broad SMARTS) is 1. The average molecular weight is 348 g/mol. The minimum atomic E-state index is -1.05. The predicted molar refractivity (Wildman–Crippen MR) is 89.1 cm³/mol. The number of benzene rings is 1. The number of aromatic carboxylic acids is 1. The molecule has 1 aliphatic rings. The number of rotatable bonds is 4. The van der Waals surface area contributed by atoms with Gasteiger partial charge in [0.15, 0.2) is 5.69 Å². The lowest BCUT2D eigenvalue weighted by Crippen LogP contribution is -2.35.